The molecule has 5 rings (SSSR count). The summed E-state index contributed by atoms with van der Waals surface area (Å²) >= 11 is 0. The molecular formula is C21H30N4O2. The summed E-state index contributed by atoms with van der Waals surface area (Å²) in [7, 11) is 0. The summed E-state index contributed by atoms with van der Waals surface area (Å²) in [6, 6.07) is 7.33. The van der Waals surface area contributed by atoms with E-state index in [0.717, 1.165) is 32.2 Å². The molecule has 4 unspecified atom stereocenters. The monoisotopic (exact) mass is 370 g/mol. The number of hydroxylamine groups is 1. The maximum absolute atomic E-state index is 12.9. The van der Waals surface area contributed by atoms with Crippen LogP contribution in [0.2, 0.25) is 0 Å². The third-order valence-electron chi connectivity index (χ3n) is 6.56. The van der Waals surface area contributed by atoms with Gasteiger partial charge in [0.2, 0.25) is 5.91 Å². The number of fused-ring (bicyclic) bond motifs is 1. The minimum Gasteiger partial charge on any atom is -0.353 e. The standard InChI is InChI=1S/C21H30N4O2/c1-12-10-16(8-9-22-12)23-20(26)18-7-4-14-11-15(5-6-17(14)18)19-24-21(27-25-19)13-2-3-13/h5-6,11-13,16,18-19,21-22,24-25H,2-4,7-10H2,1H3,(H,23,26)/t12?,16?,18-,19?,21?/m1/s1. The Balaban J connectivity index is 1.24. The molecule has 0 spiro atoms. The molecule has 27 heavy (non-hydrogen) atoms. The van der Waals surface area contributed by atoms with E-state index < -0.39 is 0 Å². The minimum absolute atomic E-state index is 0.000740. The molecule has 5 atom stereocenters. The van der Waals surface area contributed by atoms with E-state index >= 15 is 0 Å². The van der Waals surface area contributed by atoms with E-state index in [0.29, 0.717) is 18.0 Å². The molecule has 6 nitrogen and oxygen atoms in total. The zero-order valence-electron chi connectivity index (χ0n) is 16.0. The van der Waals surface area contributed by atoms with Gasteiger partial charge in [-0.05, 0) is 68.7 Å². The molecule has 3 fully saturated rings. The van der Waals surface area contributed by atoms with Gasteiger partial charge in [0.15, 0.2) is 0 Å². The number of hydrogen-bond acceptors (Lipinski definition) is 5. The predicted octanol–water partition coefficient (Wildman–Crippen LogP) is 1.83. The molecule has 2 saturated heterocycles. The van der Waals surface area contributed by atoms with Crippen LogP contribution < -0.4 is 21.4 Å². The van der Waals surface area contributed by atoms with E-state index in [9.17, 15) is 4.79 Å². The molecule has 2 aliphatic heterocycles. The zero-order chi connectivity index (χ0) is 18.4. The van der Waals surface area contributed by atoms with E-state index in [4.69, 9.17) is 4.84 Å². The number of aryl methyl sites for hydroxylation is 1. The number of nitrogens with one attached hydrogen (secondary N) is 4. The second kappa shape index (κ2) is 7.17. The quantitative estimate of drug-likeness (QED) is 0.651. The molecule has 0 radical (unpaired) electrons. The summed E-state index contributed by atoms with van der Waals surface area (Å²) in [5.41, 5.74) is 6.85. The van der Waals surface area contributed by atoms with Crippen molar-refractivity contribution in [3.63, 3.8) is 0 Å². The Morgan fingerprint density at radius 1 is 1.22 bits per heavy atom. The molecule has 0 aromatic heterocycles. The van der Waals surface area contributed by atoms with E-state index in [1.54, 1.807) is 0 Å². The van der Waals surface area contributed by atoms with Crippen molar-refractivity contribution in [3.8, 4) is 0 Å². The second-order valence-electron chi connectivity index (χ2n) is 8.73. The lowest BCUT2D eigenvalue weighted by atomic mass is 9.96. The van der Waals surface area contributed by atoms with Crippen molar-refractivity contribution in [2.45, 2.75) is 75.8 Å². The Hall–Kier alpha value is -1.47. The van der Waals surface area contributed by atoms with Gasteiger partial charge in [0.25, 0.3) is 0 Å². The van der Waals surface area contributed by atoms with Gasteiger partial charge in [-0.25, -0.2) is 0 Å². The maximum Gasteiger partial charge on any atom is 0.227 e. The largest absolute Gasteiger partial charge is 0.353 e. The van der Waals surface area contributed by atoms with Crippen molar-refractivity contribution in [3.05, 3.63) is 34.9 Å². The van der Waals surface area contributed by atoms with Crippen molar-refractivity contribution in [2.24, 2.45) is 5.92 Å². The summed E-state index contributed by atoms with van der Waals surface area (Å²) < 4.78 is 0. The van der Waals surface area contributed by atoms with Crippen molar-refractivity contribution < 1.29 is 9.63 Å². The van der Waals surface area contributed by atoms with Gasteiger partial charge in [-0.1, -0.05) is 18.2 Å². The highest BCUT2D eigenvalue weighted by Crippen LogP contribution is 2.38. The van der Waals surface area contributed by atoms with Crippen molar-refractivity contribution >= 4 is 5.91 Å². The summed E-state index contributed by atoms with van der Waals surface area (Å²) in [4.78, 5) is 18.6. The van der Waals surface area contributed by atoms with Crippen LogP contribution in [0.15, 0.2) is 18.2 Å². The lowest BCUT2D eigenvalue weighted by molar-refractivity contribution is -0.123. The Morgan fingerprint density at radius 2 is 2.11 bits per heavy atom. The molecule has 4 aliphatic rings. The fourth-order valence-corrected chi connectivity index (χ4v) is 4.82. The van der Waals surface area contributed by atoms with Gasteiger partial charge >= 0.3 is 0 Å². The highest BCUT2D eigenvalue weighted by Gasteiger charge is 2.38. The van der Waals surface area contributed by atoms with Crippen LogP contribution >= 0.6 is 0 Å². The van der Waals surface area contributed by atoms with Gasteiger partial charge in [-0.3, -0.25) is 14.9 Å². The van der Waals surface area contributed by atoms with E-state index in [1.165, 1.54) is 29.5 Å². The third-order valence-corrected chi connectivity index (χ3v) is 6.56. The van der Waals surface area contributed by atoms with Gasteiger partial charge in [0, 0.05) is 18.0 Å². The molecule has 1 saturated carbocycles. The number of hydrogen-bond donors (Lipinski definition) is 4. The number of benzene rings is 1. The van der Waals surface area contributed by atoms with Crippen LogP contribution in [0, 0.1) is 5.92 Å². The van der Waals surface area contributed by atoms with Gasteiger partial charge in [0.05, 0.1) is 5.92 Å². The molecule has 1 aromatic carbocycles. The van der Waals surface area contributed by atoms with Gasteiger partial charge in [0.1, 0.15) is 12.4 Å². The predicted molar refractivity (Wildman–Crippen MR) is 103 cm³/mol. The number of piperidine rings is 1. The van der Waals surface area contributed by atoms with E-state index in [2.05, 4.69) is 46.6 Å². The zero-order valence-corrected chi connectivity index (χ0v) is 16.0. The van der Waals surface area contributed by atoms with Crippen molar-refractivity contribution in [1.29, 1.82) is 0 Å². The normalized spacial score (nSPS) is 35.8. The summed E-state index contributed by atoms with van der Waals surface area (Å²) in [6.45, 7) is 3.18. The lowest BCUT2D eigenvalue weighted by Gasteiger charge is -2.29. The van der Waals surface area contributed by atoms with Crippen LogP contribution in [-0.4, -0.2) is 30.8 Å². The first-order chi connectivity index (χ1) is 13.2. The van der Waals surface area contributed by atoms with Crippen LogP contribution in [0.3, 0.4) is 0 Å². The molecule has 4 N–H and O–H groups in total. The van der Waals surface area contributed by atoms with Gasteiger partial charge in [-0.15, -0.1) is 0 Å². The van der Waals surface area contributed by atoms with Gasteiger partial charge in [-0.2, -0.15) is 5.48 Å². The average molecular weight is 370 g/mol. The average Bonchev–Trinajstić information content (AvgIpc) is 3.24. The maximum atomic E-state index is 12.9. The Bertz CT molecular complexity index is 720. The highest BCUT2D eigenvalue weighted by atomic mass is 16.7. The van der Waals surface area contributed by atoms with Crippen molar-refractivity contribution in [2.75, 3.05) is 6.54 Å². The third kappa shape index (κ3) is 3.63. The minimum atomic E-state index is -0.000740. The molecule has 2 aliphatic carbocycles. The molecule has 0 bridgehead atoms. The number of rotatable bonds is 4. The lowest BCUT2D eigenvalue weighted by Crippen LogP contribution is -2.47. The molecule has 2 heterocycles. The van der Waals surface area contributed by atoms with Gasteiger partial charge < -0.3 is 10.6 Å². The Kier molecular flexibility index (Phi) is 4.68. The van der Waals surface area contributed by atoms with Crippen LogP contribution in [0.4, 0.5) is 0 Å². The molecule has 1 amide bonds. The number of carbonyl (C=O) groups is 1. The molecule has 6 heteroatoms. The topological polar surface area (TPSA) is 74.4 Å². The van der Waals surface area contributed by atoms with E-state index in [1.807, 2.05) is 0 Å². The molecule has 146 valence electrons. The van der Waals surface area contributed by atoms with E-state index in [-0.39, 0.29) is 24.2 Å². The summed E-state index contributed by atoms with van der Waals surface area (Å²) in [5.74, 6) is 0.858. The Labute approximate surface area is 160 Å². The first kappa shape index (κ1) is 17.6. The summed E-state index contributed by atoms with van der Waals surface area (Å²) in [6.07, 6.45) is 6.62. The van der Waals surface area contributed by atoms with Crippen LogP contribution in [0.5, 0.6) is 0 Å². The Morgan fingerprint density at radius 3 is 2.93 bits per heavy atom. The van der Waals surface area contributed by atoms with Crippen LogP contribution in [0.25, 0.3) is 0 Å². The fraction of sp³-hybridized carbons (Fsp3) is 0.667. The van der Waals surface area contributed by atoms with Crippen molar-refractivity contribution in [1.82, 2.24) is 21.4 Å². The van der Waals surface area contributed by atoms with Crippen LogP contribution in [0.1, 0.15) is 67.8 Å². The SMILES string of the molecule is CC1CC(NC(=O)[C@@H]2CCc3cc(C4NOC(C5CC5)N4)ccc32)CCN1. The second-order valence-corrected chi connectivity index (χ2v) is 8.73. The molecule has 1 aromatic rings. The summed E-state index contributed by atoms with van der Waals surface area (Å²) in [5, 5.41) is 10.3. The number of carbonyl (C=O) groups excluding carboxylic acids is 1. The smallest absolute Gasteiger partial charge is 0.227 e. The highest BCUT2D eigenvalue weighted by molar-refractivity contribution is 5.85. The number of amides is 1. The fourth-order valence-electron chi connectivity index (χ4n) is 4.82. The van der Waals surface area contributed by atoms with Crippen LogP contribution in [-0.2, 0) is 16.1 Å². The first-order valence-electron chi connectivity index (χ1n) is 10.5. The molecular weight excluding hydrogens is 340 g/mol. The first-order valence-corrected chi connectivity index (χ1v) is 10.5.